The Morgan fingerprint density at radius 1 is 1.57 bits per heavy atom. The lowest BCUT2D eigenvalue weighted by Crippen LogP contribution is -2.11. The second kappa shape index (κ2) is 4.81. The molecule has 3 N–H and O–H groups in total. The SMILES string of the molecule is N=C(N)c1ccc(OCCF)cc1Cl. The van der Waals surface area contributed by atoms with E-state index in [0.29, 0.717) is 16.3 Å². The number of hydrogen-bond acceptors (Lipinski definition) is 2. The quantitative estimate of drug-likeness (QED) is 0.597. The molecule has 0 aliphatic rings. The molecule has 0 saturated heterocycles. The summed E-state index contributed by atoms with van der Waals surface area (Å²) in [6.45, 7) is -0.554. The van der Waals surface area contributed by atoms with Crippen molar-refractivity contribution in [3.63, 3.8) is 0 Å². The Bertz CT molecular complexity index is 344. The molecule has 14 heavy (non-hydrogen) atoms. The molecule has 0 spiro atoms. The standard InChI is InChI=1S/C9H10ClFN2O/c10-8-5-6(14-4-3-11)1-2-7(8)9(12)13/h1-2,5H,3-4H2,(H3,12,13). The van der Waals surface area contributed by atoms with Crippen molar-refractivity contribution >= 4 is 17.4 Å². The van der Waals surface area contributed by atoms with Gasteiger partial charge in [0.1, 0.15) is 24.9 Å². The Morgan fingerprint density at radius 3 is 2.79 bits per heavy atom. The highest BCUT2D eigenvalue weighted by atomic mass is 35.5. The Balaban J connectivity index is 2.83. The number of hydrogen-bond donors (Lipinski definition) is 2. The molecular weight excluding hydrogens is 207 g/mol. The maximum atomic E-state index is 11.8. The molecule has 0 fully saturated rings. The second-order valence-electron chi connectivity index (χ2n) is 2.59. The van der Waals surface area contributed by atoms with Crippen LogP contribution in [0, 0.1) is 5.41 Å². The van der Waals surface area contributed by atoms with Crippen LogP contribution in [0.1, 0.15) is 5.56 Å². The molecule has 0 saturated carbocycles. The zero-order valence-electron chi connectivity index (χ0n) is 7.39. The van der Waals surface area contributed by atoms with Gasteiger partial charge in [-0.05, 0) is 18.2 Å². The number of alkyl halides is 1. The first-order valence-electron chi connectivity index (χ1n) is 3.98. The largest absolute Gasteiger partial charge is 0.491 e. The predicted molar refractivity (Wildman–Crippen MR) is 53.9 cm³/mol. The molecule has 0 aromatic heterocycles. The third-order valence-electron chi connectivity index (χ3n) is 1.58. The zero-order valence-corrected chi connectivity index (χ0v) is 8.14. The van der Waals surface area contributed by atoms with Gasteiger partial charge < -0.3 is 10.5 Å². The fourth-order valence-corrected chi connectivity index (χ4v) is 1.23. The van der Waals surface area contributed by atoms with E-state index in [4.69, 9.17) is 27.5 Å². The van der Waals surface area contributed by atoms with Crippen LogP contribution in [0.5, 0.6) is 5.75 Å². The number of halogens is 2. The number of amidine groups is 1. The van der Waals surface area contributed by atoms with Crippen LogP contribution in [0.3, 0.4) is 0 Å². The van der Waals surface area contributed by atoms with Crippen molar-refractivity contribution in [1.29, 1.82) is 5.41 Å². The number of nitrogens with one attached hydrogen (secondary N) is 1. The lowest BCUT2D eigenvalue weighted by molar-refractivity contribution is 0.273. The van der Waals surface area contributed by atoms with Gasteiger partial charge >= 0.3 is 0 Å². The van der Waals surface area contributed by atoms with Crippen molar-refractivity contribution in [3.8, 4) is 5.75 Å². The van der Waals surface area contributed by atoms with Gasteiger partial charge in [-0.2, -0.15) is 0 Å². The zero-order chi connectivity index (χ0) is 10.6. The van der Waals surface area contributed by atoms with Gasteiger partial charge in [0.05, 0.1) is 5.02 Å². The van der Waals surface area contributed by atoms with E-state index in [9.17, 15) is 4.39 Å². The minimum atomic E-state index is -0.550. The van der Waals surface area contributed by atoms with Gasteiger partial charge in [0.15, 0.2) is 0 Å². The summed E-state index contributed by atoms with van der Waals surface area (Å²) in [6, 6.07) is 4.67. The lowest BCUT2D eigenvalue weighted by atomic mass is 10.2. The van der Waals surface area contributed by atoms with E-state index in [1.165, 1.54) is 6.07 Å². The summed E-state index contributed by atoms with van der Waals surface area (Å²) >= 11 is 5.81. The van der Waals surface area contributed by atoms with Crippen LogP contribution in [0.2, 0.25) is 5.02 Å². The lowest BCUT2D eigenvalue weighted by Gasteiger charge is -2.06. The Hall–Kier alpha value is -1.29. The van der Waals surface area contributed by atoms with Crippen LogP contribution < -0.4 is 10.5 Å². The molecule has 0 bridgehead atoms. The van der Waals surface area contributed by atoms with Gasteiger partial charge in [0.2, 0.25) is 0 Å². The molecule has 0 aliphatic heterocycles. The summed E-state index contributed by atoms with van der Waals surface area (Å²) in [4.78, 5) is 0. The van der Waals surface area contributed by atoms with Crippen LogP contribution in [-0.2, 0) is 0 Å². The topological polar surface area (TPSA) is 59.1 Å². The van der Waals surface area contributed by atoms with Crippen molar-refractivity contribution < 1.29 is 9.13 Å². The fourth-order valence-electron chi connectivity index (χ4n) is 0.960. The summed E-state index contributed by atoms with van der Waals surface area (Å²) in [5.41, 5.74) is 5.71. The van der Waals surface area contributed by atoms with Crippen molar-refractivity contribution in [2.75, 3.05) is 13.3 Å². The van der Waals surface area contributed by atoms with Gasteiger partial charge in [-0.1, -0.05) is 11.6 Å². The van der Waals surface area contributed by atoms with Gasteiger partial charge in [0, 0.05) is 5.56 Å². The van der Waals surface area contributed by atoms with Crippen molar-refractivity contribution in [1.82, 2.24) is 0 Å². The van der Waals surface area contributed by atoms with E-state index in [1.807, 2.05) is 0 Å². The summed E-state index contributed by atoms with van der Waals surface area (Å²) in [7, 11) is 0. The van der Waals surface area contributed by atoms with E-state index in [2.05, 4.69) is 0 Å². The van der Waals surface area contributed by atoms with Crippen LogP contribution in [-0.4, -0.2) is 19.1 Å². The van der Waals surface area contributed by atoms with E-state index in [0.717, 1.165) is 0 Å². The van der Waals surface area contributed by atoms with E-state index in [1.54, 1.807) is 12.1 Å². The summed E-state index contributed by atoms with van der Waals surface area (Å²) in [5, 5.41) is 7.50. The predicted octanol–water partition coefficient (Wildman–Crippen LogP) is 1.97. The third kappa shape index (κ3) is 2.60. The monoisotopic (exact) mass is 216 g/mol. The third-order valence-corrected chi connectivity index (χ3v) is 1.89. The molecule has 1 aromatic rings. The molecule has 3 nitrogen and oxygen atoms in total. The van der Waals surface area contributed by atoms with E-state index in [-0.39, 0.29) is 12.4 Å². The molecule has 0 amide bonds. The molecule has 0 radical (unpaired) electrons. The summed E-state index contributed by atoms with van der Waals surface area (Å²) in [5.74, 6) is 0.365. The Labute approximate surface area is 86.1 Å². The number of ether oxygens (including phenoxy) is 1. The average molecular weight is 217 g/mol. The first-order valence-corrected chi connectivity index (χ1v) is 4.35. The van der Waals surface area contributed by atoms with Gasteiger partial charge in [-0.15, -0.1) is 0 Å². The number of nitrogens with two attached hydrogens (primary N) is 1. The maximum Gasteiger partial charge on any atom is 0.124 e. The Kier molecular flexibility index (Phi) is 3.71. The second-order valence-corrected chi connectivity index (χ2v) is 3.00. The summed E-state index contributed by atoms with van der Waals surface area (Å²) in [6.07, 6.45) is 0. The van der Waals surface area contributed by atoms with Crippen molar-refractivity contribution in [2.24, 2.45) is 5.73 Å². The van der Waals surface area contributed by atoms with Gasteiger partial charge in [-0.3, -0.25) is 5.41 Å². The number of nitrogen functional groups attached to an aromatic ring is 1. The highest BCUT2D eigenvalue weighted by Crippen LogP contribution is 2.22. The van der Waals surface area contributed by atoms with E-state index >= 15 is 0 Å². The van der Waals surface area contributed by atoms with Crippen molar-refractivity contribution in [3.05, 3.63) is 28.8 Å². The molecule has 0 aliphatic carbocycles. The van der Waals surface area contributed by atoms with Crippen molar-refractivity contribution in [2.45, 2.75) is 0 Å². The molecule has 0 heterocycles. The average Bonchev–Trinajstić information content (AvgIpc) is 2.14. The van der Waals surface area contributed by atoms with Crippen LogP contribution >= 0.6 is 11.6 Å². The van der Waals surface area contributed by atoms with Crippen LogP contribution in [0.4, 0.5) is 4.39 Å². The first-order chi connectivity index (χ1) is 6.65. The van der Waals surface area contributed by atoms with E-state index < -0.39 is 6.67 Å². The molecule has 0 atom stereocenters. The maximum absolute atomic E-state index is 11.8. The first kappa shape index (κ1) is 10.8. The summed E-state index contributed by atoms with van der Waals surface area (Å²) < 4.78 is 16.8. The molecule has 5 heteroatoms. The normalized spacial score (nSPS) is 9.86. The minimum absolute atomic E-state index is 0.00422. The number of rotatable bonds is 4. The highest BCUT2D eigenvalue weighted by molar-refractivity contribution is 6.34. The van der Waals surface area contributed by atoms with Gasteiger partial charge in [0.25, 0.3) is 0 Å². The molecular formula is C9H10ClFN2O. The molecule has 1 aromatic carbocycles. The minimum Gasteiger partial charge on any atom is -0.491 e. The Morgan fingerprint density at radius 2 is 2.29 bits per heavy atom. The fraction of sp³-hybridized carbons (Fsp3) is 0.222. The highest BCUT2D eigenvalue weighted by Gasteiger charge is 2.04. The number of benzene rings is 1. The van der Waals surface area contributed by atoms with Gasteiger partial charge in [-0.25, -0.2) is 4.39 Å². The van der Waals surface area contributed by atoms with Crippen LogP contribution in [0.25, 0.3) is 0 Å². The van der Waals surface area contributed by atoms with Crippen LogP contribution in [0.15, 0.2) is 18.2 Å². The molecule has 76 valence electrons. The smallest absolute Gasteiger partial charge is 0.124 e. The molecule has 0 unspecified atom stereocenters. The molecule has 1 rings (SSSR count).